The fourth-order valence-electron chi connectivity index (χ4n) is 2.17. The summed E-state index contributed by atoms with van der Waals surface area (Å²) in [5.74, 6) is 0.297. The first-order chi connectivity index (χ1) is 9.99. The summed E-state index contributed by atoms with van der Waals surface area (Å²) in [6.45, 7) is 3.43. The quantitative estimate of drug-likeness (QED) is 0.677. The second kappa shape index (κ2) is 6.21. The third kappa shape index (κ3) is 3.47. The van der Waals surface area contributed by atoms with Gasteiger partial charge in [0.25, 0.3) is 11.6 Å². The number of hydrogen-bond acceptors (Lipinski definition) is 4. The normalized spacial score (nSPS) is 11.9. The molecule has 2 rings (SSSR count). The summed E-state index contributed by atoms with van der Waals surface area (Å²) in [4.78, 5) is 22.8. The average Bonchev–Trinajstić information content (AvgIpc) is 2.90. The van der Waals surface area contributed by atoms with Gasteiger partial charge in [-0.05, 0) is 32.0 Å². The molecular weight excluding hydrogens is 272 g/mol. The van der Waals surface area contributed by atoms with E-state index in [0.717, 1.165) is 5.76 Å². The largest absolute Gasteiger partial charge is 0.469 e. The van der Waals surface area contributed by atoms with E-state index in [1.807, 2.05) is 13.0 Å². The number of amides is 1. The van der Waals surface area contributed by atoms with E-state index in [1.165, 1.54) is 6.07 Å². The van der Waals surface area contributed by atoms with Gasteiger partial charge in [0, 0.05) is 18.0 Å². The van der Waals surface area contributed by atoms with E-state index in [9.17, 15) is 14.9 Å². The molecule has 0 saturated heterocycles. The highest BCUT2D eigenvalue weighted by Crippen LogP contribution is 2.23. The molecule has 0 spiro atoms. The van der Waals surface area contributed by atoms with E-state index in [-0.39, 0.29) is 17.3 Å². The predicted molar refractivity (Wildman–Crippen MR) is 77.2 cm³/mol. The number of rotatable bonds is 5. The lowest BCUT2D eigenvalue weighted by Gasteiger charge is -2.13. The lowest BCUT2D eigenvalue weighted by Crippen LogP contribution is -2.34. The highest BCUT2D eigenvalue weighted by Gasteiger charge is 2.23. The monoisotopic (exact) mass is 288 g/mol. The maximum Gasteiger partial charge on any atom is 0.285 e. The molecule has 1 aromatic carbocycles. The molecule has 0 aliphatic rings. The van der Waals surface area contributed by atoms with Crippen molar-refractivity contribution in [3.63, 3.8) is 0 Å². The van der Waals surface area contributed by atoms with Gasteiger partial charge in [-0.1, -0.05) is 12.1 Å². The van der Waals surface area contributed by atoms with Gasteiger partial charge in [0.1, 0.15) is 11.3 Å². The average molecular weight is 288 g/mol. The Hall–Kier alpha value is -2.63. The number of hydrogen-bond donors (Lipinski definition) is 1. The number of carbonyl (C=O) groups is 1. The number of benzene rings is 1. The summed E-state index contributed by atoms with van der Waals surface area (Å²) < 4.78 is 5.21. The second-order valence-corrected chi connectivity index (χ2v) is 4.89. The van der Waals surface area contributed by atoms with Gasteiger partial charge in [0.2, 0.25) is 0 Å². The molecule has 0 aliphatic carbocycles. The Balaban J connectivity index is 2.13. The van der Waals surface area contributed by atoms with Crippen molar-refractivity contribution in [2.24, 2.45) is 0 Å². The molecule has 6 heteroatoms. The molecule has 1 aromatic heterocycles. The third-order valence-corrected chi connectivity index (χ3v) is 3.13. The van der Waals surface area contributed by atoms with Crippen molar-refractivity contribution in [2.45, 2.75) is 26.3 Å². The molecule has 2 aromatic rings. The highest BCUT2D eigenvalue weighted by molar-refractivity contribution is 5.98. The molecule has 0 fully saturated rings. The van der Waals surface area contributed by atoms with Crippen molar-refractivity contribution in [1.82, 2.24) is 5.32 Å². The molecule has 110 valence electrons. The highest BCUT2D eigenvalue weighted by atomic mass is 16.6. The van der Waals surface area contributed by atoms with E-state index in [2.05, 4.69) is 5.32 Å². The zero-order valence-corrected chi connectivity index (χ0v) is 11.8. The molecule has 6 nitrogen and oxygen atoms in total. The van der Waals surface area contributed by atoms with Crippen LogP contribution in [0.15, 0.2) is 41.0 Å². The van der Waals surface area contributed by atoms with Gasteiger partial charge in [-0.15, -0.1) is 0 Å². The Labute approximate surface area is 121 Å². The number of carbonyl (C=O) groups excluding carboxylic acids is 1. The lowest BCUT2D eigenvalue weighted by atomic mass is 10.1. The van der Waals surface area contributed by atoms with Crippen LogP contribution in [0.2, 0.25) is 0 Å². The van der Waals surface area contributed by atoms with Crippen molar-refractivity contribution in [3.8, 4) is 0 Å². The third-order valence-electron chi connectivity index (χ3n) is 3.13. The summed E-state index contributed by atoms with van der Waals surface area (Å²) in [6.07, 6.45) is 2.09. The van der Waals surface area contributed by atoms with E-state index in [0.29, 0.717) is 12.0 Å². The smallest absolute Gasteiger partial charge is 0.285 e. The topological polar surface area (TPSA) is 85.4 Å². The summed E-state index contributed by atoms with van der Waals surface area (Å²) in [5.41, 5.74) is 0.387. The predicted octanol–water partition coefficient (Wildman–Crippen LogP) is 2.86. The zero-order chi connectivity index (χ0) is 15.4. The molecular formula is C15H16N2O4. The summed E-state index contributed by atoms with van der Waals surface area (Å²) in [6, 6.07) is 8.10. The Morgan fingerprint density at radius 2 is 2.14 bits per heavy atom. The van der Waals surface area contributed by atoms with Gasteiger partial charge in [-0.25, -0.2) is 0 Å². The van der Waals surface area contributed by atoms with Gasteiger partial charge in [-0.2, -0.15) is 0 Å². The van der Waals surface area contributed by atoms with Crippen LogP contribution in [0.4, 0.5) is 5.69 Å². The van der Waals surface area contributed by atoms with Crippen LogP contribution >= 0.6 is 0 Å². The SMILES string of the molecule is Cc1cccc(C(=O)NC(C)Cc2ccco2)c1[N+](=O)[O-]. The van der Waals surface area contributed by atoms with Crippen LogP contribution in [0, 0.1) is 17.0 Å². The second-order valence-electron chi connectivity index (χ2n) is 4.89. The first-order valence-electron chi connectivity index (χ1n) is 6.56. The molecule has 0 saturated carbocycles. The molecule has 0 radical (unpaired) electrons. The van der Waals surface area contributed by atoms with Gasteiger partial charge in [0.05, 0.1) is 11.2 Å². The number of nitro benzene ring substituents is 1. The van der Waals surface area contributed by atoms with Crippen LogP contribution in [0.25, 0.3) is 0 Å². The fraction of sp³-hybridized carbons (Fsp3) is 0.267. The van der Waals surface area contributed by atoms with E-state index in [4.69, 9.17) is 4.42 Å². The maximum absolute atomic E-state index is 12.2. The zero-order valence-electron chi connectivity index (χ0n) is 11.8. The standard InChI is InChI=1S/C15H16N2O4/c1-10-5-3-7-13(14(10)17(19)20)15(18)16-11(2)9-12-6-4-8-21-12/h3-8,11H,9H2,1-2H3,(H,16,18). The van der Waals surface area contributed by atoms with Crippen LogP contribution in [0.1, 0.15) is 28.6 Å². The van der Waals surface area contributed by atoms with Crippen LogP contribution in [0.3, 0.4) is 0 Å². The number of para-hydroxylation sites is 1. The van der Waals surface area contributed by atoms with Gasteiger partial charge >= 0.3 is 0 Å². The minimum absolute atomic E-state index is 0.0753. The molecule has 21 heavy (non-hydrogen) atoms. The van der Waals surface area contributed by atoms with Crippen LogP contribution < -0.4 is 5.32 Å². The molecule has 1 heterocycles. The minimum atomic E-state index is -0.526. The Morgan fingerprint density at radius 3 is 2.76 bits per heavy atom. The summed E-state index contributed by atoms with van der Waals surface area (Å²) in [7, 11) is 0. The van der Waals surface area contributed by atoms with Gasteiger partial charge < -0.3 is 9.73 Å². The molecule has 1 N–H and O–H groups in total. The summed E-state index contributed by atoms with van der Waals surface area (Å²) in [5, 5.41) is 13.9. The van der Waals surface area contributed by atoms with Crippen molar-refractivity contribution >= 4 is 11.6 Å². The van der Waals surface area contributed by atoms with Crippen molar-refractivity contribution in [2.75, 3.05) is 0 Å². The molecule has 1 amide bonds. The molecule has 1 atom stereocenters. The maximum atomic E-state index is 12.2. The van der Waals surface area contributed by atoms with Crippen LogP contribution in [0.5, 0.6) is 0 Å². The lowest BCUT2D eigenvalue weighted by molar-refractivity contribution is -0.385. The summed E-state index contributed by atoms with van der Waals surface area (Å²) >= 11 is 0. The molecule has 0 aliphatic heterocycles. The van der Waals surface area contributed by atoms with E-state index < -0.39 is 10.8 Å². The van der Waals surface area contributed by atoms with Crippen molar-refractivity contribution in [3.05, 3.63) is 63.6 Å². The van der Waals surface area contributed by atoms with Gasteiger partial charge in [0.15, 0.2) is 0 Å². The first-order valence-corrected chi connectivity index (χ1v) is 6.56. The van der Waals surface area contributed by atoms with Crippen LogP contribution in [-0.2, 0) is 6.42 Å². The van der Waals surface area contributed by atoms with E-state index >= 15 is 0 Å². The Bertz CT molecular complexity index is 650. The number of furan rings is 1. The number of nitrogens with zero attached hydrogens (tertiary/aromatic N) is 1. The first kappa shape index (κ1) is 14.8. The Morgan fingerprint density at radius 1 is 1.38 bits per heavy atom. The number of nitro groups is 1. The number of aryl methyl sites for hydroxylation is 1. The van der Waals surface area contributed by atoms with Crippen LogP contribution in [-0.4, -0.2) is 16.9 Å². The molecule has 1 unspecified atom stereocenters. The van der Waals surface area contributed by atoms with Gasteiger partial charge in [-0.3, -0.25) is 14.9 Å². The van der Waals surface area contributed by atoms with Crippen molar-refractivity contribution < 1.29 is 14.1 Å². The minimum Gasteiger partial charge on any atom is -0.469 e. The fourth-order valence-corrected chi connectivity index (χ4v) is 2.17. The Kier molecular flexibility index (Phi) is 4.37. The van der Waals surface area contributed by atoms with E-state index in [1.54, 1.807) is 31.4 Å². The number of nitrogens with one attached hydrogen (secondary N) is 1. The van der Waals surface area contributed by atoms with Crippen molar-refractivity contribution in [1.29, 1.82) is 0 Å². The molecule has 0 bridgehead atoms.